The molecule has 0 bridgehead atoms. The van der Waals surface area contributed by atoms with Gasteiger partial charge in [0.1, 0.15) is 4.90 Å². The van der Waals surface area contributed by atoms with Crippen molar-refractivity contribution in [2.45, 2.75) is 57.5 Å². The topological polar surface area (TPSA) is 68.3 Å². The fourth-order valence-electron chi connectivity index (χ4n) is 2.17. The lowest BCUT2D eigenvalue weighted by molar-refractivity contribution is 0.454. The molecule has 6 heteroatoms. The minimum atomic E-state index is -3.41. The van der Waals surface area contributed by atoms with Crippen LogP contribution in [0.2, 0.25) is 0 Å². The lowest BCUT2D eigenvalue weighted by Crippen LogP contribution is -2.27. The number of nitrogens with two attached hydrogens (primary N) is 1. The van der Waals surface area contributed by atoms with E-state index in [1.165, 1.54) is 4.31 Å². The van der Waals surface area contributed by atoms with Gasteiger partial charge < -0.3 is 10.3 Å². The summed E-state index contributed by atoms with van der Waals surface area (Å²) in [4.78, 5) is 0.339. The molecule has 0 unspecified atom stereocenters. The summed E-state index contributed by atoms with van der Waals surface area (Å²) >= 11 is 0. The summed E-state index contributed by atoms with van der Waals surface area (Å²) in [5, 5.41) is 0. The molecule has 0 spiro atoms. The molecule has 0 aliphatic heterocycles. The van der Waals surface area contributed by atoms with E-state index in [0.29, 0.717) is 18.0 Å². The number of unbranched alkanes of at least 4 members (excludes halogenated alkanes) is 2. The highest BCUT2D eigenvalue weighted by atomic mass is 32.2. The Morgan fingerprint density at radius 2 is 2.00 bits per heavy atom. The van der Waals surface area contributed by atoms with Gasteiger partial charge in [-0.2, -0.15) is 0 Å². The van der Waals surface area contributed by atoms with E-state index in [1.807, 2.05) is 18.4 Å². The van der Waals surface area contributed by atoms with Crippen LogP contribution in [0.4, 0.5) is 0 Å². The van der Waals surface area contributed by atoms with Crippen LogP contribution in [0.1, 0.15) is 51.8 Å². The third kappa shape index (κ3) is 3.84. The molecule has 0 atom stereocenters. The quantitative estimate of drug-likeness (QED) is 0.749. The first-order chi connectivity index (χ1) is 9.34. The van der Waals surface area contributed by atoms with Crippen molar-refractivity contribution in [1.29, 1.82) is 0 Å². The zero-order valence-electron chi connectivity index (χ0n) is 13.0. The molecule has 0 aliphatic carbocycles. The maximum absolute atomic E-state index is 12.5. The van der Waals surface area contributed by atoms with Gasteiger partial charge in [0.25, 0.3) is 0 Å². The minimum absolute atomic E-state index is 0.197. The molecule has 0 saturated heterocycles. The number of aromatic nitrogens is 1. The second-order valence-corrected chi connectivity index (χ2v) is 7.45. The molecular weight excluding hydrogens is 274 g/mol. The number of hydrogen-bond acceptors (Lipinski definition) is 3. The van der Waals surface area contributed by atoms with E-state index in [2.05, 4.69) is 6.92 Å². The molecule has 0 saturated carbocycles. The lowest BCUT2D eigenvalue weighted by Gasteiger charge is -2.16. The van der Waals surface area contributed by atoms with Crippen molar-refractivity contribution in [1.82, 2.24) is 8.87 Å². The lowest BCUT2D eigenvalue weighted by atomic mass is 10.2. The summed E-state index contributed by atoms with van der Waals surface area (Å²) in [6, 6.07) is 1.88. The Bertz CT molecular complexity index is 521. The Hall–Kier alpha value is -0.850. The van der Waals surface area contributed by atoms with Crippen LogP contribution in [0, 0.1) is 0 Å². The Morgan fingerprint density at radius 1 is 1.35 bits per heavy atom. The Labute approximate surface area is 122 Å². The molecule has 1 aromatic heterocycles. The smallest absolute Gasteiger partial charge is 0.244 e. The maximum Gasteiger partial charge on any atom is 0.244 e. The third-order valence-corrected chi connectivity index (χ3v) is 5.28. The SMILES string of the molecule is CCCCCN(C)S(=O)(=O)c1cc(CN)n(C(C)C)c1. The molecular formula is C14H27N3O2S. The van der Waals surface area contributed by atoms with E-state index in [0.717, 1.165) is 25.0 Å². The number of sulfonamides is 1. The monoisotopic (exact) mass is 301 g/mol. The summed E-state index contributed by atoms with van der Waals surface area (Å²) in [5.74, 6) is 0. The average molecular weight is 301 g/mol. The Balaban J connectivity index is 2.97. The van der Waals surface area contributed by atoms with Crippen LogP contribution in [0.25, 0.3) is 0 Å². The zero-order chi connectivity index (χ0) is 15.3. The summed E-state index contributed by atoms with van der Waals surface area (Å²) in [6.07, 6.45) is 4.70. The predicted molar refractivity (Wildman–Crippen MR) is 82.0 cm³/mol. The van der Waals surface area contributed by atoms with E-state index in [9.17, 15) is 8.42 Å². The molecule has 1 aromatic rings. The first-order valence-electron chi connectivity index (χ1n) is 7.21. The van der Waals surface area contributed by atoms with Gasteiger partial charge in [-0.3, -0.25) is 0 Å². The molecule has 1 rings (SSSR count). The van der Waals surface area contributed by atoms with Crippen molar-refractivity contribution < 1.29 is 8.42 Å². The van der Waals surface area contributed by atoms with Crippen LogP contribution in [0.5, 0.6) is 0 Å². The normalized spacial score (nSPS) is 12.6. The maximum atomic E-state index is 12.5. The molecule has 5 nitrogen and oxygen atoms in total. The summed E-state index contributed by atoms with van der Waals surface area (Å²) in [5.41, 5.74) is 6.54. The van der Waals surface area contributed by atoms with E-state index in [1.54, 1.807) is 19.3 Å². The summed E-state index contributed by atoms with van der Waals surface area (Å²) in [6.45, 7) is 7.03. The Kier molecular flexibility index (Phi) is 6.23. The molecule has 1 heterocycles. The Morgan fingerprint density at radius 3 is 2.45 bits per heavy atom. The van der Waals surface area contributed by atoms with E-state index in [4.69, 9.17) is 5.73 Å². The number of nitrogens with zero attached hydrogens (tertiary/aromatic N) is 2. The van der Waals surface area contributed by atoms with Gasteiger partial charge in [0.15, 0.2) is 0 Å². The van der Waals surface area contributed by atoms with Gasteiger partial charge in [-0.25, -0.2) is 12.7 Å². The number of rotatable bonds is 8. The fourth-order valence-corrected chi connectivity index (χ4v) is 3.43. The van der Waals surface area contributed by atoms with Gasteiger partial charge in [0, 0.05) is 38.1 Å². The molecule has 0 aromatic carbocycles. The van der Waals surface area contributed by atoms with Crippen LogP contribution < -0.4 is 5.73 Å². The highest BCUT2D eigenvalue weighted by Gasteiger charge is 2.23. The van der Waals surface area contributed by atoms with Gasteiger partial charge in [-0.05, 0) is 26.3 Å². The highest BCUT2D eigenvalue weighted by Crippen LogP contribution is 2.21. The van der Waals surface area contributed by atoms with Crippen LogP contribution in [-0.2, 0) is 16.6 Å². The first-order valence-corrected chi connectivity index (χ1v) is 8.65. The second kappa shape index (κ2) is 7.24. The molecule has 2 N–H and O–H groups in total. The van der Waals surface area contributed by atoms with Crippen molar-refractivity contribution in [3.63, 3.8) is 0 Å². The minimum Gasteiger partial charge on any atom is -0.346 e. The van der Waals surface area contributed by atoms with E-state index in [-0.39, 0.29) is 6.04 Å². The van der Waals surface area contributed by atoms with Crippen LogP contribution >= 0.6 is 0 Å². The molecule has 0 aliphatic rings. The molecule has 116 valence electrons. The van der Waals surface area contributed by atoms with Crippen molar-refractivity contribution >= 4 is 10.0 Å². The molecule has 20 heavy (non-hydrogen) atoms. The van der Waals surface area contributed by atoms with Gasteiger partial charge >= 0.3 is 0 Å². The van der Waals surface area contributed by atoms with Crippen molar-refractivity contribution in [2.24, 2.45) is 5.73 Å². The first kappa shape index (κ1) is 17.2. The number of hydrogen-bond donors (Lipinski definition) is 1. The fraction of sp³-hybridized carbons (Fsp3) is 0.714. The van der Waals surface area contributed by atoms with Gasteiger partial charge in [-0.15, -0.1) is 0 Å². The van der Waals surface area contributed by atoms with Crippen LogP contribution in [-0.4, -0.2) is 30.9 Å². The predicted octanol–water partition coefficient (Wildman–Crippen LogP) is 2.34. The zero-order valence-corrected chi connectivity index (χ0v) is 13.8. The molecule has 0 amide bonds. The summed E-state index contributed by atoms with van der Waals surface area (Å²) in [7, 11) is -1.77. The summed E-state index contributed by atoms with van der Waals surface area (Å²) < 4.78 is 28.4. The van der Waals surface area contributed by atoms with Crippen molar-refractivity contribution in [3.8, 4) is 0 Å². The molecule has 0 radical (unpaired) electrons. The highest BCUT2D eigenvalue weighted by molar-refractivity contribution is 7.89. The largest absolute Gasteiger partial charge is 0.346 e. The van der Waals surface area contributed by atoms with E-state index >= 15 is 0 Å². The van der Waals surface area contributed by atoms with Crippen LogP contribution in [0.15, 0.2) is 17.2 Å². The van der Waals surface area contributed by atoms with E-state index < -0.39 is 10.0 Å². The van der Waals surface area contributed by atoms with Crippen LogP contribution in [0.3, 0.4) is 0 Å². The van der Waals surface area contributed by atoms with Crippen molar-refractivity contribution in [3.05, 3.63) is 18.0 Å². The second-order valence-electron chi connectivity index (χ2n) is 5.41. The van der Waals surface area contributed by atoms with Crippen molar-refractivity contribution in [2.75, 3.05) is 13.6 Å². The average Bonchev–Trinajstić information content (AvgIpc) is 2.83. The van der Waals surface area contributed by atoms with Gasteiger partial charge in [0.05, 0.1) is 0 Å². The third-order valence-electron chi connectivity index (χ3n) is 3.46. The van der Waals surface area contributed by atoms with Gasteiger partial charge in [-0.1, -0.05) is 19.8 Å². The standard InChI is InChI=1S/C14H27N3O2S/c1-5-6-7-8-16(4)20(18,19)14-9-13(10-15)17(11-14)12(2)3/h9,11-12H,5-8,10,15H2,1-4H3. The van der Waals surface area contributed by atoms with Gasteiger partial charge in [0.2, 0.25) is 10.0 Å². The molecule has 0 fully saturated rings.